The Morgan fingerprint density at radius 2 is 1.96 bits per heavy atom. The first-order valence-corrected chi connectivity index (χ1v) is 7.61. The van der Waals surface area contributed by atoms with Gasteiger partial charge in [0.15, 0.2) is 0 Å². The summed E-state index contributed by atoms with van der Waals surface area (Å²) in [5.74, 6) is -0.158. The standard InChI is InChI=1S/C16H24ClFN2O3/c1-15(2,3)23-14(21)20-9-16(4,8-19)12-11(22-5)7-6-10(18)13(12)17/h6-7H,8-9,19H2,1-5H3,(H,20,21). The second kappa shape index (κ2) is 7.36. The maximum Gasteiger partial charge on any atom is 0.407 e. The summed E-state index contributed by atoms with van der Waals surface area (Å²) in [5, 5.41) is 2.58. The Morgan fingerprint density at radius 3 is 2.43 bits per heavy atom. The third kappa shape index (κ3) is 4.97. The molecule has 0 spiro atoms. The smallest absolute Gasteiger partial charge is 0.407 e. The third-order valence-electron chi connectivity index (χ3n) is 3.35. The fourth-order valence-electron chi connectivity index (χ4n) is 2.11. The van der Waals surface area contributed by atoms with E-state index in [9.17, 15) is 9.18 Å². The first-order valence-electron chi connectivity index (χ1n) is 7.23. The number of carbonyl (C=O) groups excluding carboxylic acids is 1. The van der Waals surface area contributed by atoms with E-state index in [1.54, 1.807) is 27.7 Å². The Bertz CT molecular complexity index is 575. The van der Waals surface area contributed by atoms with E-state index in [1.165, 1.54) is 19.2 Å². The molecule has 1 aromatic carbocycles. The summed E-state index contributed by atoms with van der Waals surface area (Å²) in [4.78, 5) is 11.8. The topological polar surface area (TPSA) is 73.6 Å². The van der Waals surface area contributed by atoms with Crippen molar-refractivity contribution in [3.8, 4) is 5.75 Å². The predicted molar refractivity (Wildman–Crippen MR) is 88.6 cm³/mol. The highest BCUT2D eigenvalue weighted by molar-refractivity contribution is 6.31. The van der Waals surface area contributed by atoms with E-state index in [1.807, 2.05) is 0 Å². The monoisotopic (exact) mass is 346 g/mol. The summed E-state index contributed by atoms with van der Waals surface area (Å²) in [6, 6.07) is 2.71. The molecular formula is C16H24ClFN2O3. The maximum absolute atomic E-state index is 13.8. The molecule has 5 nitrogen and oxygen atoms in total. The maximum atomic E-state index is 13.8. The van der Waals surface area contributed by atoms with Crippen molar-refractivity contribution in [3.63, 3.8) is 0 Å². The summed E-state index contributed by atoms with van der Waals surface area (Å²) < 4.78 is 24.3. The Labute approximate surface area is 141 Å². The highest BCUT2D eigenvalue weighted by Gasteiger charge is 2.33. The quantitative estimate of drug-likeness (QED) is 0.858. The predicted octanol–water partition coefficient (Wildman–Crippen LogP) is 3.23. The largest absolute Gasteiger partial charge is 0.496 e. The summed E-state index contributed by atoms with van der Waals surface area (Å²) in [6.45, 7) is 7.32. The van der Waals surface area contributed by atoms with Crippen molar-refractivity contribution in [1.82, 2.24) is 5.32 Å². The lowest BCUT2D eigenvalue weighted by molar-refractivity contribution is 0.0516. The van der Waals surface area contributed by atoms with Crippen LogP contribution in [0, 0.1) is 5.82 Å². The van der Waals surface area contributed by atoms with Gasteiger partial charge in [-0.15, -0.1) is 0 Å². The number of nitrogens with one attached hydrogen (secondary N) is 1. The molecule has 1 aromatic rings. The average molecular weight is 347 g/mol. The van der Waals surface area contributed by atoms with Crippen LogP contribution in [0.15, 0.2) is 12.1 Å². The first kappa shape index (κ1) is 19.5. The van der Waals surface area contributed by atoms with Gasteiger partial charge in [0.2, 0.25) is 0 Å². The summed E-state index contributed by atoms with van der Waals surface area (Å²) in [7, 11) is 1.46. The van der Waals surface area contributed by atoms with Gasteiger partial charge in [-0.1, -0.05) is 18.5 Å². The van der Waals surface area contributed by atoms with Crippen molar-refractivity contribution in [2.75, 3.05) is 20.2 Å². The fraction of sp³-hybridized carbons (Fsp3) is 0.562. The number of benzene rings is 1. The molecule has 0 aliphatic carbocycles. The molecule has 23 heavy (non-hydrogen) atoms. The fourth-order valence-corrected chi connectivity index (χ4v) is 2.49. The van der Waals surface area contributed by atoms with Gasteiger partial charge in [-0.25, -0.2) is 9.18 Å². The Hall–Kier alpha value is -1.53. The molecule has 0 aliphatic heterocycles. The van der Waals surface area contributed by atoms with Crippen molar-refractivity contribution < 1.29 is 18.7 Å². The SMILES string of the molecule is COc1ccc(F)c(Cl)c1C(C)(CN)CNC(=O)OC(C)(C)C. The van der Waals surface area contributed by atoms with Crippen LogP contribution in [0.25, 0.3) is 0 Å². The van der Waals surface area contributed by atoms with E-state index in [0.717, 1.165) is 0 Å². The van der Waals surface area contributed by atoms with Crippen molar-refractivity contribution in [1.29, 1.82) is 0 Å². The van der Waals surface area contributed by atoms with Crippen LogP contribution in [0.2, 0.25) is 5.02 Å². The average Bonchev–Trinajstić information content (AvgIpc) is 2.45. The van der Waals surface area contributed by atoms with Gasteiger partial charge in [0.05, 0.1) is 12.1 Å². The molecule has 0 saturated carbocycles. The van der Waals surface area contributed by atoms with Crippen molar-refractivity contribution in [3.05, 3.63) is 28.5 Å². The van der Waals surface area contributed by atoms with E-state index in [-0.39, 0.29) is 18.1 Å². The molecule has 0 fully saturated rings. The van der Waals surface area contributed by atoms with Crippen molar-refractivity contribution in [2.45, 2.75) is 38.7 Å². The Balaban J connectivity index is 3.07. The lowest BCUT2D eigenvalue weighted by atomic mass is 9.81. The summed E-state index contributed by atoms with van der Waals surface area (Å²) in [5.41, 5.74) is 4.85. The molecule has 0 aromatic heterocycles. The second-order valence-corrected chi connectivity index (χ2v) is 6.94. The minimum absolute atomic E-state index is 0.0664. The molecule has 7 heteroatoms. The molecular weight excluding hydrogens is 323 g/mol. The molecule has 1 atom stereocenters. The van der Waals surface area contributed by atoms with Gasteiger partial charge in [-0.3, -0.25) is 0 Å². The van der Waals surface area contributed by atoms with Gasteiger partial charge in [-0.05, 0) is 32.9 Å². The molecule has 3 N–H and O–H groups in total. The molecule has 0 heterocycles. The van der Waals surface area contributed by atoms with Gasteiger partial charge in [-0.2, -0.15) is 0 Å². The lowest BCUT2D eigenvalue weighted by Gasteiger charge is -2.31. The van der Waals surface area contributed by atoms with Crippen molar-refractivity contribution in [2.24, 2.45) is 5.73 Å². The van der Waals surface area contributed by atoms with Crippen LogP contribution in [-0.4, -0.2) is 31.9 Å². The molecule has 1 amide bonds. The van der Waals surface area contributed by atoms with Gasteiger partial charge in [0.1, 0.15) is 17.2 Å². The molecule has 0 bridgehead atoms. The molecule has 130 valence electrons. The van der Waals surface area contributed by atoms with Crippen LogP contribution >= 0.6 is 11.6 Å². The van der Waals surface area contributed by atoms with Gasteiger partial charge >= 0.3 is 6.09 Å². The normalized spacial score (nSPS) is 14.1. The molecule has 0 saturated heterocycles. The molecule has 0 radical (unpaired) electrons. The van der Waals surface area contributed by atoms with E-state index >= 15 is 0 Å². The number of carbonyl (C=O) groups is 1. The molecule has 0 aliphatic rings. The van der Waals surface area contributed by atoms with Crippen LogP contribution in [0.1, 0.15) is 33.3 Å². The molecule has 1 rings (SSSR count). The number of ether oxygens (including phenoxy) is 2. The minimum Gasteiger partial charge on any atom is -0.496 e. The number of rotatable bonds is 5. The number of hydrogen-bond acceptors (Lipinski definition) is 4. The van der Waals surface area contributed by atoms with E-state index in [4.69, 9.17) is 26.8 Å². The zero-order valence-electron chi connectivity index (χ0n) is 14.1. The van der Waals surface area contributed by atoms with Crippen LogP contribution in [-0.2, 0) is 10.2 Å². The number of methoxy groups -OCH3 is 1. The number of alkyl carbamates (subject to hydrolysis) is 1. The lowest BCUT2D eigenvalue weighted by Crippen LogP contribution is -2.45. The second-order valence-electron chi connectivity index (χ2n) is 6.56. The van der Waals surface area contributed by atoms with Gasteiger partial charge < -0.3 is 20.5 Å². The number of halogens is 2. The zero-order valence-corrected chi connectivity index (χ0v) is 14.9. The Kier molecular flexibility index (Phi) is 6.25. The van der Waals surface area contributed by atoms with Crippen LogP contribution in [0.5, 0.6) is 5.75 Å². The van der Waals surface area contributed by atoms with E-state index < -0.39 is 22.9 Å². The van der Waals surface area contributed by atoms with Gasteiger partial charge in [0, 0.05) is 24.1 Å². The number of amides is 1. The summed E-state index contributed by atoms with van der Waals surface area (Å²) >= 11 is 6.11. The van der Waals surface area contributed by atoms with E-state index in [2.05, 4.69) is 5.32 Å². The number of nitrogens with two attached hydrogens (primary N) is 1. The first-order chi connectivity index (χ1) is 10.5. The highest BCUT2D eigenvalue weighted by atomic mass is 35.5. The number of hydrogen-bond donors (Lipinski definition) is 2. The third-order valence-corrected chi connectivity index (χ3v) is 3.72. The van der Waals surface area contributed by atoms with Crippen LogP contribution in [0.3, 0.4) is 0 Å². The Morgan fingerprint density at radius 1 is 1.35 bits per heavy atom. The van der Waals surface area contributed by atoms with E-state index in [0.29, 0.717) is 11.3 Å². The van der Waals surface area contributed by atoms with Crippen LogP contribution < -0.4 is 15.8 Å². The molecule has 1 unspecified atom stereocenters. The highest BCUT2D eigenvalue weighted by Crippen LogP contribution is 2.38. The van der Waals surface area contributed by atoms with Crippen molar-refractivity contribution >= 4 is 17.7 Å². The summed E-state index contributed by atoms with van der Waals surface area (Å²) in [6.07, 6.45) is -0.580. The zero-order chi connectivity index (χ0) is 17.8. The minimum atomic E-state index is -0.818. The van der Waals surface area contributed by atoms with Gasteiger partial charge in [0.25, 0.3) is 0 Å². The van der Waals surface area contributed by atoms with Crippen LogP contribution in [0.4, 0.5) is 9.18 Å².